The van der Waals surface area contributed by atoms with Gasteiger partial charge in [-0.3, -0.25) is 0 Å². The van der Waals surface area contributed by atoms with Crippen LogP contribution in [-0.2, 0) is 4.79 Å². The summed E-state index contributed by atoms with van der Waals surface area (Å²) in [5, 5.41) is 10.8. The summed E-state index contributed by atoms with van der Waals surface area (Å²) in [5.74, 6) is -0.264. The molecule has 0 aliphatic carbocycles. The quantitative estimate of drug-likeness (QED) is 0.348. The van der Waals surface area contributed by atoms with E-state index in [1.165, 1.54) is 6.07 Å². The summed E-state index contributed by atoms with van der Waals surface area (Å²) >= 11 is 18.2. The van der Waals surface area contributed by atoms with Crippen molar-refractivity contribution < 1.29 is 19.0 Å². The summed E-state index contributed by atoms with van der Waals surface area (Å²) < 4.78 is 16.4. The predicted octanol–water partition coefficient (Wildman–Crippen LogP) is 5.85. The Labute approximate surface area is 204 Å². The third kappa shape index (κ3) is 4.86. The molecule has 0 bridgehead atoms. The van der Waals surface area contributed by atoms with Gasteiger partial charge >= 0.3 is 5.97 Å². The van der Waals surface area contributed by atoms with E-state index in [1.54, 1.807) is 54.6 Å². The van der Waals surface area contributed by atoms with Gasteiger partial charge in [-0.15, -0.1) is 0 Å². The fourth-order valence-corrected chi connectivity index (χ4v) is 3.89. The minimum absolute atomic E-state index is 0.0494. The normalized spacial score (nSPS) is 14.7. The van der Waals surface area contributed by atoms with Gasteiger partial charge in [0.05, 0.1) is 21.0 Å². The highest BCUT2D eigenvalue weighted by Gasteiger charge is 2.31. The number of hydrogen-bond acceptors (Lipinski definition) is 6. The highest BCUT2D eigenvalue weighted by atomic mass is 35.5. The number of ether oxygens (including phenoxy) is 3. The van der Waals surface area contributed by atoms with Crippen LogP contribution in [0, 0.1) is 11.3 Å². The van der Waals surface area contributed by atoms with Crippen LogP contribution in [0.4, 0.5) is 0 Å². The molecule has 0 amide bonds. The lowest BCUT2D eigenvalue weighted by Gasteiger charge is -2.27. The van der Waals surface area contributed by atoms with Gasteiger partial charge in [-0.1, -0.05) is 59.1 Å². The molecule has 9 heteroatoms. The first kappa shape index (κ1) is 22.8. The zero-order chi connectivity index (χ0) is 23.5. The van der Waals surface area contributed by atoms with E-state index in [2.05, 4.69) is 6.07 Å². The molecule has 166 valence electrons. The van der Waals surface area contributed by atoms with Crippen molar-refractivity contribution in [2.45, 2.75) is 5.92 Å². The van der Waals surface area contributed by atoms with Gasteiger partial charge < -0.3 is 19.9 Å². The molecule has 4 rings (SSSR count). The van der Waals surface area contributed by atoms with E-state index < -0.39 is 11.9 Å². The number of allylic oxidation sites excluding steroid dienone is 1. The van der Waals surface area contributed by atoms with Crippen molar-refractivity contribution in [2.75, 3.05) is 6.61 Å². The third-order valence-corrected chi connectivity index (χ3v) is 5.93. The average molecular weight is 502 g/mol. The summed E-state index contributed by atoms with van der Waals surface area (Å²) in [6.45, 7) is -0.339. The zero-order valence-corrected chi connectivity index (χ0v) is 19.1. The maximum absolute atomic E-state index is 12.2. The van der Waals surface area contributed by atoms with Gasteiger partial charge in [0.15, 0.2) is 6.61 Å². The van der Waals surface area contributed by atoms with Crippen LogP contribution in [0.15, 0.2) is 72.1 Å². The molecular formula is C24H15Cl3N2O4. The number of nitrogens with two attached hydrogens (primary N) is 1. The molecule has 3 aromatic carbocycles. The Morgan fingerprint density at radius 2 is 1.82 bits per heavy atom. The lowest BCUT2D eigenvalue weighted by atomic mass is 9.83. The average Bonchev–Trinajstić information content (AvgIpc) is 2.79. The van der Waals surface area contributed by atoms with Gasteiger partial charge in [0, 0.05) is 11.6 Å². The first-order valence-corrected chi connectivity index (χ1v) is 10.7. The standard InChI is InChI=1S/C24H15Cl3N2O4/c25-17-8-5-13(9-19(17)27)23-15-7-6-14(10-21(15)33-24(29)16(23)11-28)32-22(30)12-31-20-4-2-1-3-18(20)26/h1-10,23H,12,29H2. The number of fused-ring (bicyclic) bond motifs is 1. The number of rotatable bonds is 5. The number of benzene rings is 3. The van der Waals surface area contributed by atoms with Crippen LogP contribution in [-0.4, -0.2) is 12.6 Å². The van der Waals surface area contributed by atoms with E-state index in [0.717, 1.165) is 0 Å². The fraction of sp³-hybridized carbons (Fsp3) is 0.0833. The van der Waals surface area contributed by atoms with E-state index in [0.29, 0.717) is 37.7 Å². The molecule has 0 spiro atoms. The summed E-state index contributed by atoms with van der Waals surface area (Å²) in [7, 11) is 0. The maximum Gasteiger partial charge on any atom is 0.349 e. The lowest BCUT2D eigenvalue weighted by Crippen LogP contribution is -2.21. The molecular weight excluding hydrogens is 487 g/mol. The predicted molar refractivity (Wildman–Crippen MR) is 125 cm³/mol. The van der Waals surface area contributed by atoms with E-state index in [9.17, 15) is 10.1 Å². The molecule has 1 aliphatic rings. The number of halogens is 3. The fourth-order valence-electron chi connectivity index (χ4n) is 3.39. The van der Waals surface area contributed by atoms with Crippen molar-refractivity contribution in [2.24, 2.45) is 5.73 Å². The van der Waals surface area contributed by atoms with Crippen molar-refractivity contribution in [3.63, 3.8) is 0 Å². The molecule has 2 N–H and O–H groups in total. The van der Waals surface area contributed by atoms with Crippen LogP contribution < -0.4 is 19.9 Å². The number of hydrogen-bond donors (Lipinski definition) is 1. The monoisotopic (exact) mass is 500 g/mol. The van der Waals surface area contributed by atoms with Gasteiger partial charge in [0.1, 0.15) is 28.9 Å². The number of para-hydroxylation sites is 1. The summed E-state index contributed by atoms with van der Waals surface area (Å²) in [5.41, 5.74) is 7.62. The molecule has 0 radical (unpaired) electrons. The highest BCUT2D eigenvalue weighted by Crippen LogP contribution is 2.44. The second kappa shape index (κ2) is 9.63. The highest BCUT2D eigenvalue weighted by molar-refractivity contribution is 6.42. The smallest absolute Gasteiger partial charge is 0.349 e. The minimum Gasteiger partial charge on any atom is -0.480 e. The molecule has 0 saturated heterocycles. The minimum atomic E-state index is -0.632. The van der Waals surface area contributed by atoms with Crippen molar-refractivity contribution in [1.82, 2.24) is 0 Å². The molecule has 33 heavy (non-hydrogen) atoms. The van der Waals surface area contributed by atoms with E-state index >= 15 is 0 Å². The van der Waals surface area contributed by atoms with Gasteiger partial charge in [0.2, 0.25) is 5.88 Å². The van der Waals surface area contributed by atoms with Gasteiger partial charge in [-0.2, -0.15) is 5.26 Å². The maximum atomic E-state index is 12.2. The molecule has 6 nitrogen and oxygen atoms in total. The van der Waals surface area contributed by atoms with E-state index in [1.807, 2.05) is 0 Å². The Kier molecular flexibility index (Phi) is 6.66. The van der Waals surface area contributed by atoms with Crippen molar-refractivity contribution >= 4 is 40.8 Å². The topological polar surface area (TPSA) is 94.6 Å². The SMILES string of the molecule is N#CC1=C(N)Oc2cc(OC(=O)COc3ccccc3Cl)ccc2C1c1ccc(Cl)c(Cl)c1. The summed E-state index contributed by atoms with van der Waals surface area (Å²) in [6.07, 6.45) is 0. The van der Waals surface area contributed by atoms with Crippen LogP contribution in [0.2, 0.25) is 15.1 Å². The number of carbonyl (C=O) groups excluding carboxylic acids is 1. The Balaban J connectivity index is 1.57. The number of nitrogens with zero attached hydrogens (tertiary/aromatic N) is 1. The van der Waals surface area contributed by atoms with Crippen molar-refractivity contribution in [1.29, 1.82) is 5.26 Å². The molecule has 1 heterocycles. The number of carbonyl (C=O) groups is 1. The van der Waals surface area contributed by atoms with Crippen LogP contribution in [0.3, 0.4) is 0 Å². The van der Waals surface area contributed by atoms with E-state index in [4.69, 9.17) is 54.7 Å². The second-order valence-electron chi connectivity index (χ2n) is 6.99. The van der Waals surface area contributed by atoms with Crippen molar-refractivity contribution in [3.05, 3.63) is 98.3 Å². The molecule has 0 fully saturated rings. The Bertz CT molecular complexity index is 1320. The molecule has 1 atom stereocenters. The third-order valence-electron chi connectivity index (χ3n) is 4.88. The Hall–Kier alpha value is -3.37. The number of esters is 1. The van der Waals surface area contributed by atoms with Crippen molar-refractivity contribution in [3.8, 4) is 23.3 Å². The van der Waals surface area contributed by atoms with Gasteiger partial charge in [-0.05, 0) is 35.9 Å². The van der Waals surface area contributed by atoms with Gasteiger partial charge in [-0.25, -0.2) is 4.79 Å². The summed E-state index contributed by atoms with van der Waals surface area (Å²) in [6, 6.07) is 18.8. The first-order chi connectivity index (χ1) is 15.9. The van der Waals surface area contributed by atoms with Crippen LogP contribution in [0.1, 0.15) is 17.0 Å². The van der Waals surface area contributed by atoms with Crippen LogP contribution in [0.25, 0.3) is 0 Å². The Morgan fingerprint density at radius 3 is 2.55 bits per heavy atom. The largest absolute Gasteiger partial charge is 0.480 e. The lowest BCUT2D eigenvalue weighted by molar-refractivity contribution is -0.136. The van der Waals surface area contributed by atoms with Crippen LogP contribution >= 0.6 is 34.8 Å². The molecule has 1 unspecified atom stereocenters. The first-order valence-electron chi connectivity index (χ1n) is 9.62. The molecule has 0 aromatic heterocycles. The molecule has 3 aromatic rings. The molecule has 0 saturated carbocycles. The van der Waals surface area contributed by atoms with Gasteiger partial charge in [0.25, 0.3) is 0 Å². The van der Waals surface area contributed by atoms with Crippen LogP contribution in [0.5, 0.6) is 17.2 Å². The number of nitriles is 1. The zero-order valence-electron chi connectivity index (χ0n) is 16.8. The summed E-state index contributed by atoms with van der Waals surface area (Å²) in [4.78, 5) is 12.2. The Morgan fingerprint density at radius 1 is 1.03 bits per heavy atom. The second-order valence-corrected chi connectivity index (χ2v) is 8.21. The van der Waals surface area contributed by atoms with E-state index in [-0.39, 0.29) is 23.8 Å². The molecule has 1 aliphatic heterocycles.